The SMILES string of the molecule is Cc1ccc(C(N)=S)c(NC(C)c2ccc(C)c(F)c2)n1. The minimum Gasteiger partial charge on any atom is -0.389 e. The normalized spacial score (nSPS) is 12.0. The number of aromatic nitrogens is 1. The van der Waals surface area contributed by atoms with Crippen molar-refractivity contribution >= 4 is 23.0 Å². The molecule has 0 bridgehead atoms. The Bertz CT molecular complexity index is 685. The molecule has 0 aliphatic heterocycles. The number of anilines is 1. The molecule has 1 aromatic heterocycles. The summed E-state index contributed by atoms with van der Waals surface area (Å²) in [5, 5.41) is 3.25. The van der Waals surface area contributed by atoms with Gasteiger partial charge in [0.2, 0.25) is 0 Å². The van der Waals surface area contributed by atoms with E-state index in [4.69, 9.17) is 18.0 Å². The molecule has 0 spiro atoms. The highest BCUT2D eigenvalue weighted by atomic mass is 32.1. The van der Waals surface area contributed by atoms with Gasteiger partial charge in [0.05, 0.1) is 11.6 Å². The number of nitrogens with one attached hydrogen (secondary N) is 1. The smallest absolute Gasteiger partial charge is 0.136 e. The van der Waals surface area contributed by atoms with Gasteiger partial charge in [-0.15, -0.1) is 0 Å². The number of pyridine rings is 1. The van der Waals surface area contributed by atoms with Crippen molar-refractivity contribution in [2.45, 2.75) is 26.8 Å². The van der Waals surface area contributed by atoms with E-state index in [-0.39, 0.29) is 16.8 Å². The van der Waals surface area contributed by atoms with Gasteiger partial charge in [0.1, 0.15) is 16.6 Å². The zero-order valence-electron chi connectivity index (χ0n) is 12.3. The van der Waals surface area contributed by atoms with Gasteiger partial charge in [0, 0.05) is 5.69 Å². The number of nitrogens with two attached hydrogens (primary N) is 1. The Morgan fingerprint density at radius 3 is 2.62 bits per heavy atom. The van der Waals surface area contributed by atoms with Gasteiger partial charge in [-0.2, -0.15) is 0 Å². The van der Waals surface area contributed by atoms with Crippen molar-refractivity contribution in [1.82, 2.24) is 4.98 Å². The van der Waals surface area contributed by atoms with Gasteiger partial charge in [-0.3, -0.25) is 0 Å². The molecule has 0 radical (unpaired) electrons. The van der Waals surface area contributed by atoms with E-state index in [1.807, 2.05) is 32.0 Å². The quantitative estimate of drug-likeness (QED) is 0.847. The summed E-state index contributed by atoms with van der Waals surface area (Å²) >= 11 is 5.04. The Morgan fingerprint density at radius 2 is 2.00 bits per heavy atom. The molecule has 0 aliphatic carbocycles. The van der Waals surface area contributed by atoms with Gasteiger partial charge in [-0.05, 0) is 50.1 Å². The van der Waals surface area contributed by atoms with E-state index in [0.29, 0.717) is 16.9 Å². The lowest BCUT2D eigenvalue weighted by Gasteiger charge is -2.18. The third-order valence-electron chi connectivity index (χ3n) is 3.35. The van der Waals surface area contributed by atoms with Gasteiger partial charge in [0.15, 0.2) is 0 Å². The molecule has 1 aromatic carbocycles. The summed E-state index contributed by atoms with van der Waals surface area (Å²) in [5.41, 5.74) is 8.74. The maximum atomic E-state index is 13.7. The molecule has 0 amide bonds. The van der Waals surface area contributed by atoms with Crippen molar-refractivity contribution < 1.29 is 4.39 Å². The maximum absolute atomic E-state index is 13.7. The first kappa shape index (κ1) is 15.4. The number of nitrogens with zero attached hydrogens (tertiary/aromatic N) is 1. The Labute approximate surface area is 129 Å². The molecule has 0 saturated heterocycles. The fourth-order valence-electron chi connectivity index (χ4n) is 2.03. The molecule has 0 aliphatic rings. The molecular weight excluding hydrogens is 285 g/mol. The molecule has 0 fully saturated rings. The Morgan fingerprint density at radius 1 is 1.29 bits per heavy atom. The van der Waals surface area contributed by atoms with Gasteiger partial charge in [-0.25, -0.2) is 9.37 Å². The first-order chi connectivity index (χ1) is 9.88. The molecule has 110 valence electrons. The zero-order chi connectivity index (χ0) is 15.6. The lowest BCUT2D eigenvalue weighted by atomic mass is 10.1. The molecule has 3 N–H and O–H groups in total. The molecule has 1 unspecified atom stereocenters. The van der Waals surface area contributed by atoms with E-state index < -0.39 is 0 Å². The second-order valence-electron chi connectivity index (χ2n) is 5.09. The topological polar surface area (TPSA) is 50.9 Å². The summed E-state index contributed by atoms with van der Waals surface area (Å²) in [6.45, 7) is 5.58. The Kier molecular flexibility index (Phi) is 4.53. The molecule has 2 rings (SSSR count). The first-order valence-corrected chi connectivity index (χ1v) is 7.09. The van der Waals surface area contributed by atoms with E-state index in [1.165, 1.54) is 6.07 Å². The minimum atomic E-state index is -0.215. The highest BCUT2D eigenvalue weighted by Gasteiger charge is 2.12. The highest BCUT2D eigenvalue weighted by Crippen LogP contribution is 2.22. The van der Waals surface area contributed by atoms with E-state index in [1.54, 1.807) is 13.0 Å². The van der Waals surface area contributed by atoms with Gasteiger partial charge >= 0.3 is 0 Å². The third kappa shape index (κ3) is 3.55. The van der Waals surface area contributed by atoms with Crippen LogP contribution >= 0.6 is 12.2 Å². The molecule has 21 heavy (non-hydrogen) atoms. The molecule has 5 heteroatoms. The second-order valence-corrected chi connectivity index (χ2v) is 5.53. The lowest BCUT2D eigenvalue weighted by molar-refractivity contribution is 0.614. The molecule has 1 atom stereocenters. The number of hydrogen-bond acceptors (Lipinski definition) is 3. The van der Waals surface area contributed by atoms with Gasteiger partial charge < -0.3 is 11.1 Å². The van der Waals surface area contributed by atoms with Gasteiger partial charge in [-0.1, -0.05) is 24.4 Å². The standard InChI is InChI=1S/C16H18FN3S/c1-9-4-6-12(8-14(9)17)11(3)20-16-13(15(18)21)7-5-10(2)19-16/h4-8,11H,1-3H3,(H2,18,21)(H,19,20). The van der Waals surface area contributed by atoms with Crippen LogP contribution in [0.25, 0.3) is 0 Å². The average molecular weight is 303 g/mol. The molecule has 0 saturated carbocycles. The van der Waals surface area contributed by atoms with Gasteiger partial charge in [0.25, 0.3) is 0 Å². The van der Waals surface area contributed by atoms with Crippen molar-refractivity contribution in [3.8, 4) is 0 Å². The summed E-state index contributed by atoms with van der Waals surface area (Å²) in [7, 11) is 0. The van der Waals surface area contributed by atoms with E-state index >= 15 is 0 Å². The van der Waals surface area contributed by atoms with E-state index in [0.717, 1.165) is 11.3 Å². The monoisotopic (exact) mass is 303 g/mol. The molecule has 1 heterocycles. The van der Waals surface area contributed by atoms with Crippen LogP contribution in [0.2, 0.25) is 0 Å². The van der Waals surface area contributed by atoms with Crippen LogP contribution in [0.4, 0.5) is 10.2 Å². The third-order valence-corrected chi connectivity index (χ3v) is 3.57. The fourth-order valence-corrected chi connectivity index (χ4v) is 2.20. The predicted octanol–water partition coefficient (Wildman–Crippen LogP) is 3.64. The molecule has 2 aromatic rings. The number of hydrogen-bond donors (Lipinski definition) is 2. The van der Waals surface area contributed by atoms with Crippen molar-refractivity contribution in [3.05, 3.63) is 58.5 Å². The summed E-state index contributed by atoms with van der Waals surface area (Å²) < 4.78 is 13.7. The van der Waals surface area contributed by atoms with Crippen LogP contribution in [0.1, 0.15) is 35.3 Å². The first-order valence-electron chi connectivity index (χ1n) is 6.68. The van der Waals surface area contributed by atoms with E-state index in [9.17, 15) is 4.39 Å². The summed E-state index contributed by atoms with van der Waals surface area (Å²) in [4.78, 5) is 4.71. The number of thiocarbonyl (C=S) groups is 1. The van der Waals surface area contributed by atoms with Crippen molar-refractivity contribution in [1.29, 1.82) is 0 Å². The number of halogens is 1. The summed E-state index contributed by atoms with van der Waals surface area (Å²) in [6.07, 6.45) is 0. The van der Waals surface area contributed by atoms with Crippen LogP contribution in [0, 0.1) is 19.7 Å². The maximum Gasteiger partial charge on any atom is 0.136 e. The van der Waals surface area contributed by atoms with Crippen LogP contribution < -0.4 is 11.1 Å². The van der Waals surface area contributed by atoms with Crippen LogP contribution in [-0.4, -0.2) is 9.97 Å². The van der Waals surface area contributed by atoms with Crippen LogP contribution in [0.3, 0.4) is 0 Å². The van der Waals surface area contributed by atoms with Crippen LogP contribution in [0.5, 0.6) is 0 Å². The lowest BCUT2D eigenvalue weighted by Crippen LogP contribution is -2.17. The van der Waals surface area contributed by atoms with Crippen molar-refractivity contribution in [3.63, 3.8) is 0 Å². The van der Waals surface area contributed by atoms with Crippen LogP contribution in [0.15, 0.2) is 30.3 Å². The number of rotatable bonds is 4. The summed E-state index contributed by atoms with van der Waals surface area (Å²) in [6, 6.07) is 8.78. The van der Waals surface area contributed by atoms with Crippen LogP contribution in [-0.2, 0) is 0 Å². The second kappa shape index (κ2) is 6.18. The minimum absolute atomic E-state index is 0.109. The average Bonchev–Trinajstić information content (AvgIpc) is 2.41. The number of benzene rings is 1. The van der Waals surface area contributed by atoms with Crippen molar-refractivity contribution in [2.75, 3.05) is 5.32 Å². The number of aryl methyl sites for hydroxylation is 2. The Hall–Kier alpha value is -2.01. The predicted molar refractivity (Wildman–Crippen MR) is 88.0 cm³/mol. The Balaban J connectivity index is 2.30. The highest BCUT2D eigenvalue weighted by molar-refractivity contribution is 7.80. The summed E-state index contributed by atoms with van der Waals surface area (Å²) in [5.74, 6) is 0.406. The molecule has 3 nitrogen and oxygen atoms in total. The van der Waals surface area contributed by atoms with Crippen molar-refractivity contribution in [2.24, 2.45) is 5.73 Å². The molecular formula is C16H18FN3S. The zero-order valence-corrected chi connectivity index (χ0v) is 13.1. The largest absolute Gasteiger partial charge is 0.389 e. The fraction of sp³-hybridized carbons (Fsp3) is 0.250. The van der Waals surface area contributed by atoms with E-state index in [2.05, 4.69) is 10.3 Å².